The van der Waals surface area contributed by atoms with Gasteiger partial charge in [0, 0.05) is 25.7 Å². The molecule has 0 heterocycles. The highest BCUT2D eigenvalue weighted by Gasteiger charge is 2.24. The van der Waals surface area contributed by atoms with Crippen LogP contribution in [0.3, 0.4) is 0 Å². The predicted octanol–water partition coefficient (Wildman–Crippen LogP) is 2.10. The molecule has 0 radical (unpaired) electrons. The molecule has 0 saturated heterocycles. The average molecular weight is 279 g/mol. The smallest absolute Gasteiger partial charge is 0.269 e. The number of hydrogen-bond donors (Lipinski definition) is 1. The summed E-state index contributed by atoms with van der Waals surface area (Å²) in [6.45, 7) is 4.07. The monoisotopic (exact) mass is 279 g/mol. The summed E-state index contributed by atoms with van der Waals surface area (Å²) in [6.07, 6.45) is 0.682. The molecule has 110 valence electrons. The zero-order valence-electron chi connectivity index (χ0n) is 12.1. The molecule has 0 bridgehead atoms. The van der Waals surface area contributed by atoms with Crippen molar-refractivity contribution < 1.29 is 9.72 Å². The van der Waals surface area contributed by atoms with E-state index in [0.717, 1.165) is 5.56 Å². The van der Waals surface area contributed by atoms with Crippen molar-refractivity contribution in [3.8, 4) is 0 Å². The first-order valence-corrected chi connectivity index (χ1v) is 6.63. The summed E-state index contributed by atoms with van der Waals surface area (Å²) in [7, 11) is 1.70. The third-order valence-corrected chi connectivity index (χ3v) is 3.62. The Morgan fingerprint density at radius 2 is 2.15 bits per heavy atom. The van der Waals surface area contributed by atoms with E-state index in [1.807, 2.05) is 13.8 Å². The summed E-state index contributed by atoms with van der Waals surface area (Å²) < 4.78 is 0. The molecule has 2 atom stereocenters. The second-order valence-corrected chi connectivity index (χ2v) is 4.82. The lowest BCUT2D eigenvalue weighted by atomic mass is 10.0. The number of non-ortho nitro benzene ring substituents is 1. The highest BCUT2D eigenvalue weighted by Crippen LogP contribution is 2.24. The van der Waals surface area contributed by atoms with Crippen molar-refractivity contribution in [3.05, 3.63) is 39.9 Å². The fourth-order valence-electron chi connectivity index (χ4n) is 2.04. The molecule has 2 N–H and O–H groups in total. The summed E-state index contributed by atoms with van der Waals surface area (Å²) >= 11 is 0. The fourth-order valence-corrected chi connectivity index (χ4v) is 2.04. The van der Waals surface area contributed by atoms with E-state index >= 15 is 0 Å². The molecule has 1 amide bonds. The Hall–Kier alpha value is -1.95. The van der Waals surface area contributed by atoms with Crippen molar-refractivity contribution in [2.45, 2.75) is 26.3 Å². The molecule has 1 rings (SSSR count). The van der Waals surface area contributed by atoms with Crippen LogP contribution < -0.4 is 5.73 Å². The lowest BCUT2D eigenvalue weighted by Gasteiger charge is -2.28. The molecule has 0 aliphatic carbocycles. The molecule has 6 nitrogen and oxygen atoms in total. The molecule has 0 aromatic heterocycles. The van der Waals surface area contributed by atoms with Gasteiger partial charge in [-0.2, -0.15) is 0 Å². The third-order valence-electron chi connectivity index (χ3n) is 3.62. The van der Waals surface area contributed by atoms with E-state index in [4.69, 9.17) is 5.73 Å². The second-order valence-electron chi connectivity index (χ2n) is 4.82. The van der Waals surface area contributed by atoms with Gasteiger partial charge in [-0.25, -0.2) is 0 Å². The summed E-state index contributed by atoms with van der Waals surface area (Å²) in [5.41, 5.74) is 6.35. The first-order chi connectivity index (χ1) is 9.42. The first-order valence-electron chi connectivity index (χ1n) is 6.63. The number of nitro groups is 1. The minimum atomic E-state index is -0.438. The van der Waals surface area contributed by atoms with Crippen molar-refractivity contribution >= 4 is 11.6 Å². The van der Waals surface area contributed by atoms with Crippen LogP contribution in [0.15, 0.2) is 24.3 Å². The van der Waals surface area contributed by atoms with E-state index in [9.17, 15) is 14.9 Å². The largest absolute Gasteiger partial charge is 0.339 e. The van der Waals surface area contributed by atoms with Crippen LogP contribution in [-0.4, -0.2) is 29.3 Å². The number of carbonyl (C=O) groups excluding carboxylic acids is 1. The van der Waals surface area contributed by atoms with Crippen LogP contribution in [-0.2, 0) is 4.79 Å². The molecule has 6 heteroatoms. The van der Waals surface area contributed by atoms with Gasteiger partial charge in [0.15, 0.2) is 0 Å². The molecule has 0 spiro atoms. The lowest BCUT2D eigenvalue weighted by Crippen LogP contribution is -2.37. The molecule has 0 aliphatic heterocycles. The van der Waals surface area contributed by atoms with Gasteiger partial charge in [-0.3, -0.25) is 14.9 Å². The summed E-state index contributed by atoms with van der Waals surface area (Å²) in [4.78, 5) is 24.2. The minimum Gasteiger partial charge on any atom is -0.339 e. The molecule has 0 fully saturated rings. The Bertz CT molecular complexity index is 486. The third kappa shape index (κ3) is 3.54. The molecular formula is C14H21N3O3. The van der Waals surface area contributed by atoms with Crippen molar-refractivity contribution in [2.75, 3.05) is 13.6 Å². The van der Waals surface area contributed by atoms with Crippen molar-refractivity contribution in [1.29, 1.82) is 0 Å². The standard InChI is InChI=1S/C14H21N3O3/c1-4-11(9-15)14(18)16(3)10(2)12-6-5-7-13(8-12)17(19)20/h5-8,10-11H,4,9,15H2,1-3H3. The number of hydrogen-bond acceptors (Lipinski definition) is 4. The lowest BCUT2D eigenvalue weighted by molar-refractivity contribution is -0.384. The normalized spacial score (nSPS) is 13.6. The van der Waals surface area contributed by atoms with Crippen LogP contribution in [0.2, 0.25) is 0 Å². The van der Waals surface area contributed by atoms with E-state index in [0.29, 0.717) is 13.0 Å². The van der Waals surface area contributed by atoms with Gasteiger partial charge in [0.2, 0.25) is 5.91 Å². The van der Waals surface area contributed by atoms with Crippen molar-refractivity contribution in [3.63, 3.8) is 0 Å². The van der Waals surface area contributed by atoms with E-state index in [1.54, 1.807) is 24.1 Å². The molecule has 0 aliphatic rings. The Morgan fingerprint density at radius 3 is 2.65 bits per heavy atom. The van der Waals surface area contributed by atoms with Crippen LogP contribution in [0.5, 0.6) is 0 Å². The molecule has 1 aromatic rings. The first kappa shape index (κ1) is 16.1. The second kappa shape index (κ2) is 7.00. The topological polar surface area (TPSA) is 89.5 Å². The summed E-state index contributed by atoms with van der Waals surface area (Å²) in [6, 6.07) is 6.11. The number of benzene rings is 1. The van der Waals surface area contributed by atoms with Crippen molar-refractivity contribution in [2.24, 2.45) is 11.7 Å². The Morgan fingerprint density at radius 1 is 1.50 bits per heavy atom. The van der Waals surface area contributed by atoms with Gasteiger partial charge < -0.3 is 10.6 Å². The molecule has 2 unspecified atom stereocenters. The van der Waals surface area contributed by atoms with Gasteiger partial charge in [-0.15, -0.1) is 0 Å². The van der Waals surface area contributed by atoms with Crippen LogP contribution in [0.25, 0.3) is 0 Å². The molecule has 20 heavy (non-hydrogen) atoms. The quantitative estimate of drug-likeness (QED) is 0.638. The zero-order valence-corrected chi connectivity index (χ0v) is 12.1. The fraction of sp³-hybridized carbons (Fsp3) is 0.500. The summed E-state index contributed by atoms with van der Waals surface area (Å²) in [5, 5.41) is 10.8. The highest BCUT2D eigenvalue weighted by atomic mass is 16.6. The van der Waals surface area contributed by atoms with Crippen molar-refractivity contribution in [1.82, 2.24) is 4.90 Å². The van der Waals surface area contributed by atoms with Gasteiger partial charge in [0.25, 0.3) is 5.69 Å². The zero-order chi connectivity index (χ0) is 15.3. The number of carbonyl (C=O) groups is 1. The maximum absolute atomic E-state index is 12.3. The van der Waals surface area contributed by atoms with Crippen LogP contribution >= 0.6 is 0 Å². The Balaban J connectivity index is 2.93. The van der Waals surface area contributed by atoms with Gasteiger partial charge in [0.05, 0.1) is 16.9 Å². The molecule has 0 saturated carbocycles. The van der Waals surface area contributed by atoms with E-state index in [-0.39, 0.29) is 23.6 Å². The number of amides is 1. The van der Waals surface area contributed by atoms with Gasteiger partial charge >= 0.3 is 0 Å². The van der Waals surface area contributed by atoms with E-state index < -0.39 is 4.92 Å². The van der Waals surface area contributed by atoms with Gasteiger partial charge in [-0.1, -0.05) is 19.1 Å². The number of rotatable bonds is 6. The minimum absolute atomic E-state index is 0.0288. The van der Waals surface area contributed by atoms with E-state index in [1.165, 1.54) is 12.1 Å². The Labute approximate surface area is 118 Å². The molecular weight excluding hydrogens is 258 g/mol. The van der Waals surface area contributed by atoms with Crippen LogP contribution in [0.4, 0.5) is 5.69 Å². The Kier molecular flexibility index (Phi) is 5.64. The average Bonchev–Trinajstić information content (AvgIpc) is 2.46. The SMILES string of the molecule is CCC(CN)C(=O)N(C)C(C)c1cccc([N+](=O)[O-])c1. The van der Waals surface area contributed by atoms with Crippen LogP contribution in [0.1, 0.15) is 31.9 Å². The number of nitro benzene ring substituents is 1. The number of nitrogens with two attached hydrogens (primary N) is 1. The van der Waals surface area contributed by atoms with Gasteiger partial charge in [-0.05, 0) is 18.9 Å². The molecule has 1 aromatic carbocycles. The van der Waals surface area contributed by atoms with E-state index in [2.05, 4.69) is 0 Å². The predicted molar refractivity (Wildman–Crippen MR) is 77.1 cm³/mol. The maximum atomic E-state index is 12.3. The maximum Gasteiger partial charge on any atom is 0.269 e. The van der Waals surface area contributed by atoms with Gasteiger partial charge in [0.1, 0.15) is 0 Å². The van der Waals surface area contributed by atoms with Crippen LogP contribution in [0, 0.1) is 16.0 Å². The number of nitrogens with zero attached hydrogens (tertiary/aromatic N) is 2. The summed E-state index contributed by atoms with van der Waals surface area (Å²) in [5.74, 6) is -0.241. The highest BCUT2D eigenvalue weighted by molar-refractivity contribution is 5.79.